The van der Waals surface area contributed by atoms with E-state index in [0.29, 0.717) is 17.9 Å². The van der Waals surface area contributed by atoms with Crippen molar-refractivity contribution < 1.29 is 18.7 Å². The molecule has 0 fully saturated rings. The average molecular weight is 315 g/mol. The second-order valence-corrected chi connectivity index (χ2v) is 5.39. The fourth-order valence-electron chi connectivity index (χ4n) is 2.89. The first-order chi connectivity index (χ1) is 11.1. The van der Waals surface area contributed by atoms with Crippen LogP contribution >= 0.6 is 0 Å². The van der Waals surface area contributed by atoms with Crippen molar-refractivity contribution in [1.82, 2.24) is 0 Å². The van der Waals surface area contributed by atoms with Crippen molar-refractivity contribution in [3.63, 3.8) is 0 Å². The summed E-state index contributed by atoms with van der Waals surface area (Å²) >= 11 is 0. The lowest BCUT2D eigenvalue weighted by atomic mass is 9.99. The van der Waals surface area contributed by atoms with Gasteiger partial charge in [-0.25, -0.2) is 4.39 Å². The fraction of sp³-hybridized carbons (Fsp3) is 0.278. The van der Waals surface area contributed by atoms with Crippen LogP contribution < -0.4 is 14.4 Å². The van der Waals surface area contributed by atoms with Gasteiger partial charge in [-0.15, -0.1) is 0 Å². The van der Waals surface area contributed by atoms with Crippen molar-refractivity contribution in [3.05, 3.63) is 53.3 Å². The van der Waals surface area contributed by atoms with E-state index in [-0.39, 0.29) is 11.7 Å². The van der Waals surface area contributed by atoms with Crippen molar-refractivity contribution >= 4 is 11.6 Å². The minimum absolute atomic E-state index is 0.152. The number of methoxy groups -OCH3 is 2. The molecule has 0 unspecified atom stereocenters. The van der Waals surface area contributed by atoms with Gasteiger partial charge in [0.1, 0.15) is 17.3 Å². The van der Waals surface area contributed by atoms with Gasteiger partial charge in [0.25, 0.3) is 5.91 Å². The second kappa shape index (κ2) is 6.28. The number of hydrogen-bond donors (Lipinski definition) is 0. The molecule has 1 heterocycles. The first kappa shape index (κ1) is 15.3. The number of carbonyl (C=O) groups is 1. The van der Waals surface area contributed by atoms with E-state index in [1.165, 1.54) is 24.3 Å². The second-order valence-electron chi connectivity index (χ2n) is 5.39. The number of benzene rings is 2. The summed E-state index contributed by atoms with van der Waals surface area (Å²) < 4.78 is 23.8. The van der Waals surface area contributed by atoms with E-state index in [1.54, 1.807) is 19.1 Å². The highest BCUT2D eigenvalue weighted by atomic mass is 19.1. The third-order valence-electron chi connectivity index (χ3n) is 4.05. The topological polar surface area (TPSA) is 38.8 Å². The SMILES string of the molecule is COc1cc(OC)c2c(c1)N(C(=O)c1ccc(F)cc1)CCC2. The molecule has 0 radical (unpaired) electrons. The van der Waals surface area contributed by atoms with Gasteiger partial charge < -0.3 is 14.4 Å². The monoisotopic (exact) mass is 315 g/mol. The van der Waals surface area contributed by atoms with Crippen molar-refractivity contribution in [1.29, 1.82) is 0 Å². The van der Waals surface area contributed by atoms with Gasteiger partial charge in [0, 0.05) is 29.8 Å². The molecule has 23 heavy (non-hydrogen) atoms. The first-order valence-corrected chi connectivity index (χ1v) is 7.46. The summed E-state index contributed by atoms with van der Waals surface area (Å²) in [6.07, 6.45) is 1.69. The lowest BCUT2D eigenvalue weighted by molar-refractivity contribution is 0.0985. The number of hydrogen-bond acceptors (Lipinski definition) is 3. The summed E-state index contributed by atoms with van der Waals surface area (Å²) in [6, 6.07) is 9.27. The highest BCUT2D eigenvalue weighted by Crippen LogP contribution is 2.38. The summed E-state index contributed by atoms with van der Waals surface area (Å²) in [5.41, 5.74) is 2.25. The van der Waals surface area contributed by atoms with Crippen molar-refractivity contribution in [3.8, 4) is 11.5 Å². The Morgan fingerprint density at radius 2 is 1.87 bits per heavy atom. The van der Waals surface area contributed by atoms with Crippen LogP contribution in [-0.4, -0.2) is 26.7 Å². The zero-order chi connectivity index (χ0) is 16.4. The summed E-state index contributed by atoms with van der Waals surface area (Å²) in [5, 5.41) is 0. The van der Waals surface area contributed by atoms with Gasteiger partial charge in [0.2, 0.25) is 0 Å². The maximum atomic E-state index is 13.1. The first-order valence-electron chi connectivity index (χ1n) is 7.46. The van der Waals surface area contributed by atoms with E-state index in [2.05, 4.69) is 0 Å². The molecule has 0 atom stereocenters. The van der Waals surface area contributed by atoms with Crippen LogP contribution in [0.4, 0.5) is 10.1 Å². The molecule has 0 aliphatic carbocycles. The zero-order valence-corrected chi connectivity index (χ0v) is 13.1. The summed E-state index contributed by atoms with van der Waals surface area (Å²) in [4.78, 5) is 14.5. The van der Waals surface area contributed by atoms with Crippen molar-refractivity contribution in [2.45, 2.75) is 12.8 Å². The minimum atomic E-state index is -0.357. The standard InChI is InChI=1S/C18H18FNO3/c1-22-14-10-16-15(17(11-14)23-2)4-3-9-20(16)18(21)12-5-7-13(19)8-6-12/h5-8,10-11H,3-4,9H2,1-2H3. The quantitative estimate of drug-likeness (QED) is 0.871. The number of nitrogens with zero attached hydrogens (tertiary/aromatic N) is 1. The van der Waals surface area contributed by atoms with Gasteiger partial charge in [-0.2, -0.15) is 0 Å². The molecule has 0 spiro atoms. The predicted octanol–water partition coefficient (Wildman–Crippen LogP) is 3.44. The molecule has 2 aromatic rings. The van der Waals surface area contributed by atoms with E-state index in [9.17, 15) is 9.18 Å². The zero-order valence-electron chi connectivity index (χ0n) is 13.1. The number of anilines is 1. The van der Waals surface area contributed by atoms with E-state index < -0.39 is 0 Å². The van der Waals surface area contributed by atoms with Crippen LogP contribution in [0.15, 0.2) is 36.4 Å². The van der Waals surface area contributed by atoms with E-state index in [1.807, 2.05) is 12.1 Å². The van der Waals surface area contributed by atoms with Crippen LogP contribution in [0.2, 0.25) is 0 Å². The highest BCUT2D eigenvalue weighted by molar-refractivity contribution is 6.07. The third-order valence-corrected chi connectivity index (χ3v) is 4.05. The molecule has 0 N–H and O–H groups in total. The Kier molecular flexibility index (Phi) is 4.19. The number of ether oxygens (including phenoxy) is 2. The molecule has 4 nitrogen and oxygen atoms in total. The molecule has 0 saturated carbocycles. The lowest BCUT2D eigenvalue weighted by Gasteiger charge is -2.31. The maximum absolute atomic E-state index is 13.1. The molecule has 0 bridgehead atoms. The Bertz CT molecular complexity index is 728. The van der Waals surface area contributed by atoms with Crippen molar-refractivity contribution in [2.75, 3.05) is 25.7 Å². The molecule has 1 amide bonds. The summed E-state index contributed by atoms with van der Waals surface area (Å²) in [7, 11) is 3.19. The van der Waals surface area contributed by atoms with Gasteiger partial charge in [-0.1, -0.05) is 0 Å². The molecule has 0 aromatic heterocycles. The molecular formula is C18H18FNO3. The van der Waals surface area contributed by atoms with Crippen molar-refractivity contribution in [2.24, 2.45) is 0 Å². The number of amides is 1. The summed E-state index contributed by atoms with van der Waals surface area (Å²) in [5.74, 6) is 0.848. The molecule has 0 saturated heterocycles. The van der Waals surface area contributed by atoms with Gasteiger partial charge in [0.15, 0.2) is 0 Å². The van der Waals surface area contributed by atoms with E-state index >= 15 is 0 Å². The average Bonchev–Trinajstić information content (AvgIpc) is 2.60. The Morgan fingerprint density at radius 1 is 1.13 bits per heavy atom. The minimum Gasteiger partial charge on any atom is -0.497 e. The van der Waals surface area contributed by atoms with Crippen LogP contribution in [0, 0.1) is 5.82 Å². The number of fused-ring (bicyclic) bond motifs is 1. The van der Waals surface area contributed by atoms with Crippen LogP contribution in [0.25, 0.3) is 0 Å². The number of carbonyl (C=O) groups excluding carboxylic acids is 1. The number of rotatable bonds is 3. The Labute approximate surface area is 134 Å². The Balaban J connectivity index is 2.03. The predicted molar refractivity (Wildman–Crippen MR) is 85.9 cm³/mol. The molecule has 1 aliphatic heterocycles. The Morgan fingerprint density at radius 3 is 2.52 bits per heavy atom. The normalized spacial score (nSPS) is 13.4. The van der Waals surface area contributed by atoms with Gasteiger partial charge in [-0.05, 0) is 37.1 Å². The van der Waals surface area contributed by atoms with Crippen LogP contribution in [0.3, 0.4) is 0 Å². The lowest BCUT2D eigenvalue weighted by Crippen LogP contribution is -2.35. The molecule has 2 aromatic carbocycles. The third kappa shape index (κ3) is 2.86. The molecule has 3 rings (SSSR count). The van der Waals surface area contributed by atoms with Crippen LogP contribution in [-0.2, 0) is 6.42 Å². The van der Waals surface area contributed by atoms with E-state index in [4.69, 9.17) is 9.47 Å². The van der Waals surface area contributed by atoms with E-state index in [0.717, 1.165) is 29.8 Å². The van der Waals surface area contributed by atoms with Gasteiger partial charge >= 0.3 is 0 Å². The van der Waals surface area contributed by atoms with Crippen LogP contribution in [0.5, 0.6) is 11.5 Å². The van der Waals surface area contributed by atoms with Gasteiger partial charge in [-0.3, -0.25) is 4.79 Å². The summed E-state index contributed by atoms with van der Waals surface area (Å²) in [6.45, 7) is 0.611. The molecule has 120 valence electrons. The molecule has 5 heteroatoms. The van der Waals surface area contributed by atoms with Gasteiger partial charge in [0.05, 0.1) is 19.9 Å². The molecular weight excluding hydrogens is 297 g/mol. The fourth-order valence-corrected chi connectivity index (χ4v) is 2.89. The largest absolute Gasteiger partial charge is 0.497 e. The molecule has 1 aliphatic rings. The maximum Gasteiger partial charge on any atom is 0.258 e. The number of halogens is 1. The smallest absolute Gasteiger partial charge is 0.258 e. The highest BCUT2D eigenvalue weighted by Gasteiger charge is 2.26. The Hall–Kier alpha value is -2.56. The van der Waals surface area contributed by atoms with Crippen LogP contribution in [0.1, 0.15) is 22.3 Å².